The van der Waals surface area contributed by atoms with Gasteiger partial charge in [0.15, 0.2) is 23.0 Å². The maximum Gasteiger partial charge on any atom is 0.201 e. The molecule has 5 rings (SSSR count). The van der Waals surface area contributed by atoms with Crippen LogP contribution in [0.4, 0.5) is 0 Å². The van der Waals surface area contributed by atoms with E-state index in [1.807, 2.05) is 6.07 Å². The molecule has 0 atom stereocenters. The predicted octanol–water partition coefficient (Wildman–Crippen LogP) is 3.97. The fraction of sp³-hybridized carbons (Fsp3) is 0. The van der Waals surface area contributed by atoms with Gasteiger partial charge in [-0.25, -0.2) is 0 Å². The highest BCUT2D eigenvalue weighted by molar-refractivity contribution is 6.38. The predicted molar refractivity (Wildman–Crippen MR) is 97.6 cm³/mol. The lowest BCUT2D eigenvalue weighted by Crippen LogP contribution is -1.91. The van der Waals surface area contributed by atoms with Crippen molar-refractivity contribution in [3.63, 3.8) is 0 Å². The second kappa shape index (κ2) is 4.43. The molecule has 0 aliphatic rings. The molecule has 0 heterocycles. The zero-order valence-electron chi connectivity index (χ0n) is 13.1. The summed E-state index contributed by atoms with van der Waals surface area (Å²) in [5, 5.41) is 64.8. The summed E-state index contributed by atoms with van der Waals surface area (Å²) in [6.45, 7) is 0. The lowest BCUT2D eigenvalue weighted by atomic mass is 9.87. The molecule has 128 valence electrons. The van der Waals surface area contributed by atoms with Crippen LogP contribution < -0.4 is 0 Å². The molecule has 0 aliphatic carbocycles. The van der Waals surface area contributed by atoms with Crippen molar-refractivity contribution >= 4 is 43.1 Å². The van der Waals surface area contributed by atoms with E-state index in [4.69, 9.17) is 0 Å². The third-order valence-corrected chi connectivity index (χ3v) is 5.04. The SMILES string of the molecule is Oc1c(O)c2c(O)c(O)c3c(O)ccc4c5ccccc5c(c1O)c2c34. The molecule has 0 saturated carbocycles. The maximum atomic E-state index is 10.5. The van der Waals surface area contributed by atoms with Crippen LogP contribution >= 0.6 is 0 Å². The van der Waals surface area contributed by atoms with Gasteiger partial charge in [-0.05, 0) is 22.2 Å². The third-order valence-electron chi connectivity index (χ3n) is 5.04. The van der Waals surface area contributed by atoms with E-state index in [0.717, 1.165) is 5.39 Å². The quantitative estimate of drug-likeness (QED) is 0.143. The summed E-state index contributed by atoms with van der Waals surface area (Å²) in [4.78, 5) is 0. The first-order valence-electron chi connectivity index (χ1n) is 7.83. The summed E-state index contributed by atoms with van der Waals surface area (Å²) in [5.41, 5.74) is 0. The van der Waals surface area contributed by atoms with Crippen LogP contribution in [0.3, 0.4) is 0 Å². The first-order valence-corrected chi connectivity index (χ1v) is 7.83. The number of hydrogen-bond acceptors (Lipinski definition) is 6. The van der Waals surface area contributed by atoms with Gasteiger partial charge in [0.25, 0.3) is 0 Å². The number of aromatic hydroxyl groups is 6. The molecule has 0 amide bonds. The number of phenols is 6. The van der Waals surface area contributed by atoms with Crippen LogP contribution in [0.25, 0.3) is 43.1 Å². The van der Waals surface area contributed by atoms with Crippen molar-refractivity contribution in [3.8, 4) is 34.5 Å². The number of rotatable bonds is 0. The van der Waals surface area contributed by atoms with E-state index in [9.17, 15) is 30.6 Å². The Morgan fingerprint density at radius 1 is 0.385 bits per heavy atom. The zero-order chi connectivity index (χ0) is 18.3. The Hall–Kier alpha value is -3.80. The molecule has 6 N–H and O–H groups in total. The fourth-order valence-electron chi connectivity index (χ4n) is 3.94. The number of fused-ring (bicyclic) bond motifs is 3. The highest BCUT2D eigenvalue weighted by Crippen LogP contribution is 2.58. The second-order valence-corrected chi connectivity index (χ2v) is 6.30. The average Bonchev–Trinajstić information content (AvgIpc) is 2.64. The van der Waals surface area contributed by atoms with Crippen LogP contribution in [-0.2, 0) is 0 Å². The molecule has 0 unspecified atom stereocenters. The monoisotopic (exact) mass is 348 g/mol. The van der Waals surface area contributed by atoms with E-state index in [2.05, 4.69) is 0 Å². The fourth-order valence-corrected chi connectivity index (χ4v) is 3.94. The molecule has 0 bridgehead atoms. The van der Waals surface area contributed by atoms with Crippen molar-refractivity contribution in [2.24, 2.45) is 0 Å². The standard InChI is InChI=1S/C20H12O6/c21-10-6-5-9-7-3-1-2-4-8(7)12-14-11(9)13(10)17(23)18(24)15(14)19(25)20(26)16(12)22/h1-6,21-26H. The van der Waals surface area contributed by atoms with Gasteiger partial charge in [0.1, 0.15) is 5.75 Å². The molecule has 0 saturated heterocycles. The zero-order valence-corrected chi connectivity index (χ0v) is 13.1. The van der Waals surface area contributed by atoms with E-state index in [0.29, 0.717) is 16.2 Å². The smallest absolute Gasteiger partial charge is 0.201 e. The lowest BCUT2D eigenvalue weighted by molar-refractivity contribution is 0.371. The molecule has 5 aromatic carbocycles. The van der Waals surface area contributed by atoms with Crippen molar-refractivity contribution < 1.29 is 30.6 Å². The van der Waals surface area contributed by atoms with Crippen molar-refractivity contribution in [2.45, 2.75) is 0 Å². The normalized spacial score (nSPS) is 12.0. The van der Waals surface area contributed by atoms with Crippen molar-refractivity contribution in [1.82, 2.24) is 0 Å². The first kappa shape index (κ1) is 14.5. The molecule has 0 aromatic heterocycles. The Kier molecular flexibility index (Phi) is 2.48. The summed E-state index contributed by atoms with van der Waals surface area (Å²) >= 11 is 0. The Morgan fingerprint density at radius 3 is 1.65 bits per heavy atom. The maximum absolute atomic E-state index is 10.5. The van der Waals surface area contributed by atoms with E-state index >= 15 is 0 Å². The third kappa shape index (κ3) is 1.43. The van der Waals surface area contributed by atoms with Crippen LogP contribution in [-0.4, -0.2) is 30.6 Å². The van der Waals surface area contributed by atoms with Crippen LogP contribution in [0.5, 0.6) is 34.5 Å². The minimum absolute atomic E-state index is 0.00717. The minimum Gasteiger partial charge on any atom is -0.507 e. The summed E-state index contributed by atoms with van der Waals surface area (Å²) < 4.78 is 0. The average molecular weight is 348 g/mol. The van der Waals surface area contributed by atoms with Crippen molar-refractivity contribution in [2.75, 3.05) is 0 Å². The van der Waals surface area contributed by atoms with E-state index in [-0.39, 0.29) is 27.3 Å². The Morgan fingerprint density at radius 2 is 0.923 bits per heavy atom. The topological polar surface area (TPSA) is 121 Å². The largest absolute Gasteiger partial charge is 0.507 e. The molecule has 6 heteroatoms. The summed E-state index contributed by atoms with van der Waals surface area (Å²) in [7, 11) is 0. The van der Waals surface area contributed by atoms with Gasteiger partial charge in [-0.3, -0.25) is 0 Å². The van der Waals surface area contributed by atoms with Crippen LogP contribution in [0.15, 0.2) is 36.4 Å². The molecular formula is C20H12O6. The molecular weight excluding hydrogens is 336 g/mol. The van der Waals surface area contributed by atoms with Gasteiger partial charge in [-0.2, -0.15) is 0 Å². The molecule has 26 heavy (non-hydrogen) atoms. The molecule has 0 fully saturated rings. The number of benzene rings is 5. The molecule has 0 spiro atoms. The van der Waals surface area contributed by atoms with Crippen molar-refractivity contribution in [1.29, 1.82) is 0 Å². The number of hydrogen-bond donors (Lipinski definition) is 6. The van der Waals surface area contributed by atoms with E-state index in [1.54, 1.807) is 24.3 Å². The lowest BCUT2D eigenvalue weighted by Gasteiger charge is -2.19. The molecule has 5 aromatic rings. The van der Waals surface area contributed by atoms with Gasteiger partial charge >= 0.3 is 0 Å². The van der Waals surface area contributed by atoms with Crippen LogP contribution in [0.2, 0.25) is 0 Å². The number of phenolic OH excluding ortho intramolecular Hbond substituents is 6. The molecule has 0 radical (unpaired) electrons. The summed E-state index contributed by atoms with van der Waals surface area (Å²) in [6.07, 6.45) is 0. The van der Waals surface area contributed by atoms with Gasteiger partial charge in [-0.1, -0.05) is 30.3 Å². The van der Waals surface area contributed by atoms with Gasteiger partial charge in [0, 0.05) is 16.2 Å². The van der Waals surface area contributed by atoms with Gasteiger partial charge in [0.05, 0.1) is 10.8 Å². The van der Waals surface area contributed by atoms with Gasteiger partial charge in [0.2, 0.25) is 5.75 Å². The second-order valence-electron chi connectivity index (χ2n) is 6.30. The minimum atomic E-state index is -0.792. The first-order chi connectivity index (χ1) is 12.4. The van der Waals surface area contributed by atoms with Crippen molar-refractivity contribution in [3.05, 3.63) is 36.4 Å². The Bertz CT molecular complexity index is 1390. The summed E-state index contributed by atoms with van der Waals surface area (Å²) in [6, 6.07) is 10.2. The van der Waals surface area contributed by atoms with Crippen LogP contribution in [0.1, 0.15) is 0 Å². The summed E-state index contributed by atoms with van der Waals surface area (Å²) in [5.74, 6) is -3.63. The van der Waals surface area contributed by atoms with Crippen LogP contribution in [0, 0.1) is 0 Å². The molecule has 0 aliphatic heterocycles. The Balaban J connectivity index is 2.37. The highest BCUT2D eigenvalue weighted by Gasteiger charge is 2.28. The van der Waals surface area contributed by atoms with Gasteiger partial charge < -0.3 is 30.6 Å². The van der Waals surface area contributed by atoms with E-state index < -0.39 is 28.7 Å². The highest BCUT2D eigenvalue weighted by atomic mass is 16.3. The Labute approximate surface area is 145 Å². The van der Waals surface area contributed by atoms with Gasteiger partial charge in [-0.15, -0.1) is 0 Å². The van der Waals surface area contributed by atoms with E-state index in [1.165, 1.54) is 6.07 Å². The molecule has 6 nitrogen and oxygen atoms in total.